The first-order chi connectivity index (χ1) is 14.9. The number of nitro groups is 1. The molecule has 1 aromatic carbocycles. The molecule has 3 aromatic rings. The maximum atomic E-state index is 10.7. The number of imidazole rings is 1. The van der Waals surface area contributed by atoms with Gasteiger partial charge in [-0.25, -0.2) is 15.0 Å². The van der Waals surface area contributed by atoms with E-state index >= 15 is 0 Å². The molecule has 4 atom stereocenters. The quantitative estimate of drug-likeness (QED) is 0.168. The largest absolute Gasteiger partial charge is 0.394 e. The molecule has 4 rings (SSSR count). The SMILES string of the molecule is Nc1nc(SCCc2ccc([N+](=O)[O-])cc2)nc2c1ncn2[C@@H]1O[C@H](CO)[C@@H](O)[C@H]1O. The van der Waals surface area contributed by atoms with Crippen LogP contribution in [0, 0.1) is 10.1 Å². The first-order valence-electron chi connectivity index (χ1n) is 9.37. The van der Waals surface area contributed by atoms with Gasteiger partial charge in [0.2, 0.25) is 0 Å². The molecule has 0 radical (unpaired) electrons. The third kappa shape index (κ3) is 4.18. The molecule has 1 saturated heterocycles. The van der Waals surface area contributed by atoms with Crippen LogP contribution in [0.5, 0.6) is 0 Å². The van der Waals surface area contributed by atoms with Crippen LogP contribution in [-0.4, -0.2) is 70.4 Å². The minimum absolute atomic E-state index is 0.0381. The van der Waals surface area contributed by atoms with Gasteiger partial charge in [-0.2, -0.15) is 0 Å². The van der Waals surface area contributed by atoms with Crippen molar-refractivity contribution in [2.45, 2.75) is 36.1 Å². The van der Waals surface area contributed by atoms with Crippen LogP contribution < -0.4 is 5.73 Å². The smallest absolute Gasteiger partial charge is 0.269 e. The fraction of sp³-hybridized carbons (Fsp3) is 0.389. The van der Waals surface area contributed by atoms with Gasteiger partial charge in [-0.3, -0.25) is 14.7 Å². The van der Waals surface area contributed by atoms with Crippen LogP contribution in [0.3, 0.4) is 0 Å². The molecule has 0 bridgehead atoms. The molecule has 2 aromatic heterocycles. The summed E-state index contributed by atoms with van der Waals surface area (Å²) in [7, 11) is 0. The summed E-state index contributed by atoms with van der Waals surface area (Å²) in [4.78, 5) is 23.2. The number of hydrogen-bond acceptors (Lipinski definition) is 11. The lowest BCUT2D eigenvalue weighted by molar-refractivity contribution is -0.384. The van der Waals surface area contributed by atoms with E-state index < -0.39 is 36.1 Å². The van der Waals surface area contributed by atoms with Gasteiger partial charge in [0.25, 0.3) is 5.69 Å². The lowest BCUT2D eigenvalue weighted by Gasteiger charge is -2.16. The number of nitrogens with zero attached hydrogens (tertiary/aromatic N) is 5. The number of nitro benzene ring substituents is 1. The molecule has 1 aliphatic rings. The van der Waals surface area contributed by atoms with E-state index in [9.17, 15) is 25.4 Å². The van der Waals surface area contributed by atoms with Crippen LogP contribution in [0.25, 0.3) is 11.2 Å². The molecule has 164 valence electrons. The number of rotatable bonds is 7. The molecule has 0 unspecified atom stereocenters. The highest BCUT2D eigenvalue weighted by Crippen LogP contribution is 2.32. The zero-order valence-electron chi connectivity index (χ0n) is 16.1. The van der Waals surface area contributed by atoms with Gasteiger partial charge in [-0.05, 0) is 12.0 Å². The zero-order valence-corrected chi connectivity index (χ0v) is 16.9. The highest BCUT2D eigenvalue weighted by atomic mass is 32.2. The minimum Gasteiger partial charge on any atom is -0.394 e. The van der Waals surface area contributed by atoms with E-state index in [2.05, 4.69) is 15.0 Å². The molecule has 12 nitrogen and oxygen atoms in total. The number of nitrogen functional groups attached to an aromatic ring is 1. The van der Waals surface area contributed by atoms with Crippen LogP contribution >= 0.6 is 11.8 Å². The van der Waals surface area contributed by atoms with Gasteiger partial charge < -0.3 is 25.8 Å². The Kier molecular flexibility index (Phi) is 6.02. The average molecular weight is 448 g/mol. The predicted octanol–water partition coefficient (Wildman–Crippen LogP) is 0.263. The Bertz CT molecular complexity index is 1090. The summed E-state index contributed by atoms with van der Waals surface area (Å²) in [5.74, 6) is 0.762. The fourth-order valence-corrected chi connectivity index (χ4v) is 4.16. The Morgan fingerprint density at radius 3 is 2.61 bits per heavy atom. The highest BCUT2D eigenvalue weighted by Gasteiger charge is 2.44. The molecule has 3 heterocycles. The van der Waals surface area contributed by atoms with Crippen LogP contribution in [0.15, 0.2) is 35.7 Å². The maximum Gasteiger partial charge on any atom is 0.269 e. The first-order valence-corrected chi connectivity index (χ1v) is 10.4. The molecule has 0 amide bonds. The standard InChI is InChI=1S/C18H20N6O6S/c19-15-12-16(23(8-20-12)17-14(27)13(26)11(7-25)30-17)22-18(21-15)31-6-5-9-1-3-10(4-2-9)24(28)29/h1-4,8,11,13-14,17,25-27H,5-7H2,(H2,19,21,22)/t11-,13-,14-,17-/m1/s1. The monoisotopic (exact) mass is 448 g/mol. The van der Waals surface area contributed by atoms with Crippen molar-refractivity contribution in [3.63, 3.8) is 0 Å². The molecular weight excluding hydrogens is 428 g/mol. The summed E-state index contributed by atoms with van der Waals surface area (Å²) in [5.41, 5.74) is 7.65. The van der Waals surface area contributed by atoms with E-state index in [1.54, 1.807) is 12.1 Å². The molecule has 31 heavy (non-hydrogen) atoms. The van der Waals surface area contributed by atoms with Gasteiger partial charge in [-0.15, -0.1) is 0 Å². The Labute approximate surface area is 179 Å². The van der Waals surface area contributed by atoms with Crippen molar-refractivity contribution in [2.24, 2.45) is 0 Å². The minimum atomic E-state index is -1.27. The Morgan fingerprint density at radius 2 is 1.97 bits per heavy atom. The number of nitrogens with two attached hydrogens (primary N) is 1. The molecule has 0 saturated carbocycles. The van der Waals surface area contributed by atoms with Crippen molar-refractivity contribution < 1.29 is 25.0 Å². The molecule has 0 spiro atoms. The van der Waals surface area contributed by atoms with E-state index in [1.165, 1.54) is 34.8 Å². The second-order valence-corrected chi connectivity index (χ2v) is 8.03. The van der Waals surface area contributed by atoms with E-state index in [1.807, 2.05) is 0 Å². The number of fused-ring (bicyclic) bond motifs is 1. The molecule has 5 N–H and O–H groups in total. The maximum absolute atomic E-state index is 10.7. The average Bonchev–Trinajstić information content (AvgIpc) is 3.30. The summed E-state index contributed by atoms with van der Waals surface area (Å²) in [6.45, 7) is -0.442. The molecular formula is C18H20N6O6S. The number of hydrogen-bond donors (Lipinski definition) is 4. The number of aliphatic hydroxyl groups excluding tert-OH is 3. The zero-order chi connectivity index (χ0) is 22.1. The van der Waals surface area contributed by atoms with Crippen molar-refractivity contribution in [3.05, 3.63) is 46.3 Å². The highest BCUT2D eigenvalue weighted by molar-refractivity contribution is 7.99. The second kappa shape index (κ2) is 8.72. The summed E-state index contributed by atoms with van der Waals surface area (Å²) in [5, 5.41) is 40.7. The van der Waals surface area contributed by atoms with E-state index in [-0.39, 0.29) is 11.5 Å². The number of non-ortho nitro benzene ring substituents is 1. The lowest BCUT2D eigenvalue weighted by Crippen LogP contribution is -2.33. The van der Waals surface area contributed by atoms with Gasteiger partial charge in [0.15, 0.2) is 22.8 Å². The van der Waals surface area contributed by atoms with Crippen molar-refractivity contribution in [1.29, 1.82) is 0 Å². The predicted molar refractivity (Wildman–Crippen MR) is 110 cm³/mol. The van der Waals surface area contributed by atoms with Crippen LogP contribution in [0.1, 0.15) is 11.8 Å². The van der Waals surface area contributed by atoms with Crippen LogP contribution in [0.4, 0.5) is 11.5 Å². The van der Waals surface area contributed by atoms with Crippen molar-refractivity contribution in [3.8, 4) is 0 Å². The van der Waals surface area contributed by atoms with Gasteiger partial charge in [0, 0.05) is 17.9 Å². The summed E-state index contributed by atoms with van der Waals surface area (Å²) >= 11 is 1.35. The summed E-state index contributed by atoms with van der Waals surface area (Å²) in [6.07, 6.45) is -2.40. The first kappa shape index (κ1) is 21.4. The number of aromatic nitrogens is 4. The third-order valence-corrected chi connectivity index (χ3v) is 5.84. The third-order valence-electron chi connectivity index (χ3n) is 4.99. The van der Waals surface area contributed by atoms with Gasteiger partial charge in [0.05, 0.1) is 17.9 Å². The van der Waals surface area contributed by atoms with Crippen molar-refractivity contribution in [2.75, 3.05) is 18.1 Å². The van der Waals surface area contributed by atoms with Crippen molar-refractivity contribution in [1.82, 2.24) is 19.5 Å². The topological polar surface area (TPSA) is 183 Å². The fourth-order valence-electron chi connectivity index (χ4n) is 3.32. The van der Waals surface area contributed by atoms with Crippen LogP contribution in [-0.2, 0) is 11.2 Å². The Morgan fingerprint density at radius 1 is 1.23 bits per heavy atom. The number of benzene rings is 1. The Hall–Kier alpha value is -2.84. The van der Waals surface area contributed by atoms with Crippen LogP contribution in [0.2, 0.25) is 0 Å². The lowest BCUT2D eigenvalue weighted by atomic mass is 10.1. The van der Waals surface area contributed by atoms with Crippen molar-refractivity contribution >= 4 is 34.4 Å². The number of ether oxygens (including phenoxy) is 1. The van der Waals surface area contributed by atoms with E-state index in [0.29, 0.717) is 28.5 Å². The number of anilines is 1. The Balaban J connectivity index is 1.50. The second-order valence-electron chi connectivity index (χ2n) is 6.97. The molecule has 1 aliphatic heterocycles. The molecule has 1 fully saturated rings. The number of aliphatic hydroxyl groups is 3. The summed E-state index contributed by atoms with van der Waals surface area (Å²) in [6, 6.07) is 6.32. The van der Waals surface area contributed by atoms with E-state index in [4.69, 9.17) is 10.5 Å². The van der Waals surface area contributed by atoms with E-state index in [0.717, 1.165) is 5.56 Å². The molecule has 13 heteroatoms. The van der Waals surface area contributed by atoms with Gasteiger partial charge in [-0.1, -0.05) is 23.9 Å². The normalized spacial score (nSPS) is 23.5. The summed E-state index contributed by atoms with van der Waals surface area (Å²) < 4.78 is 7.01. The number of thioether (sulfide) groups is 1. The molecule has 0 aliphatic carbocycles. The van der Waals surface area contributed by atoms with Gasteiger partial charge in [0.1, 0.15) is 23.8 Å². The van der Waals surface area contributed by atoms with Gasteiger partial charge >= 0.3 is 0 Å². The number of aryl methyl sites for hydroxylation is 1.